The van der Waals surface area contributed by atoms with E-state index in [0.29, 0.717) is 0 Å². The molecule has 4 heterocycles. The van der Waals surface area contributed by atoms with Crippen molar-refractivity contribution in [2.24, 2.45) is 5.41 Å². The maximum absolute atomic E-state index is 14.6. The van der Waals surface area contributed by atoms with Gasteiger partial charge in [0.25, 0.3) is 0 Å². The average Bonchev–Trinajstić information content (AvgIpc) is 3.54. The van der Waals surface area contributed by atoms with Crippen molar-refractivity contribution in [3.63, 3.8) is 0 Å². The Labute approximate surface area is 249 Å². The van der Waals surface area contributed by atoms with Crippen molar-refractivity contribution in [2.75, 3.05) is 48.0 Å². The molecule has 45 heavy (non-hydrogen) atoms. The summed E-state index contributed by atoms with van der Waals surface area (Å²) in [5.74, 6) is -2.95. The van der Waals surface area contributed by atoms with Crippen LogP contribution in [0.1, 0.15) is 13.8 Å². The fourth-order valence-corrected chi connectivity index (χ4v) is 6.87. The Morgan fingerprint density at radius 2 is 0.711 bits per heavy atom. The molecule has 2 aromatic rings. The third-order valence-electron chi connectivity index (χ3n) is 8.26. The number of anilines is 4. The topological polar surface area (TPSA) is 257 Å². The minimum absolute atomic E-state index is 0.417. The van der Waals surface area contributed by atoms with E-state index >= 15 is 0 Å². The van der Waals surface area contributed by atoms with Crippen LogP contribution in [-0.4, -0.2) is 72.5 Å². The molecular weight excluding hydrogens is 612 g/mol. The van der Waals surface area contributed by atoms with Crippen LogP contribution in [-0.2, 0) is 0 Å². The molecule has 22 heteroatoms. The van der Waals surface area contributed by atoms with Gasteiger partial charge in [-0.15, -0.1) is 0 Å². The van der Waals surface area contributed by atoms with Gasteiger partial charge in [-0.2, -0.15) is 0 Å². The number of benzene rings is 2. The van der Waals surface area contributed by atoms with E-state index in [9.17, 15) is 50.0 Å². The molecule has 2 aromatic carbocycles. The Bertz CT molecular complexity index is 1600. The number of amides is 4. The summed E-state index contributed by atoms with van der Waals surface area (Å²) in [6, 6.07) is -2.06. The Balaban J connectivity index is 1.81. The first-order chi connectivity index (χ1) is 21.1. The van der Waals surface area contributed by atoms with E-state index in [-0.39, 0.29) is 0 Å². The lowest BCUT2D eigenvalue weighted by Gasteiger charge is -2.57. The lowest BCUT2D eigenvalue weighted by Crippen LogP contribution is -2.78. The van der Waals surface area contributed by atoms with Gasteiger partial charge >= 0.3 is 34.8 Å². The predicted molar refractivity (Wildman–Crippen MR) is 148 cm³/mol. The summed E-state index contributed by atoms with van der Waals surface area (Å²) in [4.78, 5) is 77.4. The number of rotatable bonds is 8. The Hall–Kier alpha value is -6.22. The number of fused-ring (bicyclic) bond motifs is 6. The van der Waals surface area contributed by atoms with E-state index < -0.39 is 118 Å². The summed E-state index contributed by atoms with van der Waals surface area (Å²) < 4.78 is 21.2. The van der Waals surface area contributed by atoms with Crippen molar-refractivity contribution in [1.29, 1.82) is 0 Å². The van der Waals surface area contributed by atoms with Crippen LogP contribution >= 0.6 is 0 Å². The molecule has 2 fully saturated rings. The number of nitro groups is 4. The number of urea groups is 2. The third-order valence-corrected chi connectivity index (χ3v) is 8.26. The molecule has 0 N–H and O–H groups in total. The molecule has 4 aliphatic rings. The highest BCUT2D eigenvalue weighted by Crippen LogP contribution is 2.70. The van der Waals surface area contributed by atoms with E-state index in [1.807, 2.05) is 0 Å². The van der Waals surface area contributed by atoms with Crippen LogP contribution in [0.2, 0.25) is 0 Å². The van der Waals surface area contributed by atoms with Crippen LogP contribution in [0.4, 0.5) is 55.1 Å². The van der Waals surface area contributed by atoms with Gasteiger partial charge in [0.05, 0.1) is 48.1 Å². The number of ether oxygens (including phenoxy) is 4. The normalized spacial score (nSPS) is 17.3. The van der Waals surface area contributed by atoms with E-state index in [4.69, 9.17) is 18.9 Å². The summed E-state index contributed by atoms with van der Waals surface area (Å²) in [6.45, 7) is 3.17. The second kappa shape index (κ2) is 8.90. The minimum atomic E-state index is -1.32. The zero-order chi connectivity index (χ0) is 33.2. The van der Waals surface area contributed by atoms with Gasteiger partial charge in [0.2, 0.25) is 23.0 Å². The molecule has 236 valence electrons. The molecule has 0 spiro atoms. The highest BCUT2D eigenvalue weighted by molar-refractivity contribution is 6.27. The molecular formula is C23H20N8O14. The number of nitrogens with zero attached hydrogens (tertiary/aromatic N) is 8. The zero-order valence-corrected chi connectivity index (χ0v) is 23.9. The van der Waals surface area contributed by atoms with Gasteiger partial charge in [0.1, 0.15) is 35.1 Å². The molecule has 0 unspecified atom stereocenters. The van der Waals surface area contributed by atoms with Crippen molar-refractivity contribution in [1.82, 2.24) is 0 Å². The number of hydrogen-bond acceptors (Lipinski definition) is 14. The first-order valence-corrected chi connectivity index (χ1v) is 12.6. The third kappa shape index (κ3) is 3.06. The van der Waals surface area contributed by atoms with Crippen LogP contribution in [0, 0.1) is 45.9 Å². The summed E-state index contributed by atoms with van der Waals surface area (Å²) in [5.41, 5.74) is -7.64. The van der Waals surface area contributed by atoms with Crippen LogP contribution in [0.5, 0.6) is 23.0 Å². The lowest BCUT2D eigenvalue weighted by molar-refractivity contribution is -0.423. The smallest absolute Gasteiger partial charge is 0.393 e. The van der Waals surface area contributed by atoms with Crippen LogP contribution in [0.15, 0.2) is 0 Å². The van der Waals surface area contributed by atoms with Crippen molar-refractivity contribution in [3.05, 3.63) is 40.5 Å². The van der Waals surface area contributed by atoms with E-state index in [1.54, 1.807) is 13.8 Å². The van der Waals surface area contributed by atoms with E-state index in [1.165, 1.54) is 0 Å². The number of carbonyl (C=O) groups is 2. The lowest BCUT2D eigenvalue weighted by atomic mass is 9.80. The number of methoxy groups -OCH3 is 4. The second-order valence-corrected chi connectivity index (χ2v) is 10.6. The maximum atomic E-state index is 14.6. The quantitative estimate of drug-likeness (QED) is 0.299. The van der Waals surface area contributed by atoms with Gasteiger partial charge in [-0.1, -0.05) is 13.8 Å². The molecule has 4 amide bonds. The average molecular weight is 632 g/mol. The fraction of sp³-hybridized carbons (Fsp3) is 0.391. The Kier molecular flexibility index (Phi) is 5.71. The fourth-order valence-electron chi connectivity index (χ4n) is 6.87. The molecule has 4 aliphatic heterocycles. The van der Waals surface area contributed by atoms with E-state index in [2.05, 4.69) is 0 Å². The minimum Gasteiger partial charge on any atom is -0.488 e. The van der Waals surface area contributed by atoms with E-state index in [0.717, 1.165) is 48.0 Å². The molecule has 22 nitrogen and oxygen atoms in total. The van der Waals surface area contributed by atoms with Gasteiger partial charge < -0.3 is 18.9 Å². The van der Waals surface area contributed by atoms with Gasteiger partial charge in [-0.25, -0.2) is 9.59 Å². The van der Waals surface area contributed by atoms with Crippen LogP contribution in [0.25, 0.3) is 0 Å². The number of nitro benzene ring substituents is 4. The summed E-state index contributed by atoms with van der Waals surface area (Å²) >= 11 is 0. The van der Waals surface area contributed by atoms with Gasteiger partial charge in [0, 0.05) is 5.41 Å². The summed E-state index contributed by atoms with van der Waals surface area (Å²) in [6.07, 6.45) is -2.63. The van der Waals surface area contributed by atoms with Gasteiger partial charge in [-0.3, -0.25) is 60.1 Å². The molecule has 2 bridgehead atoms. The van der Waals surface area contributed by atoms with Crippen molar-refractivity contribution in [3.8, 4) is 23.0 Å². The van der Waals surface area contributed by atoms with Crippen LogP contribution in [0.3, 0.4) is 0 Å². The standard InChI is InChI=1S/C23H20N8O14/c1-23(2)19-24-7-8(16(43-4)12(29(36)37)11(28(34)35)15(7)42-3)25(19)22(33)27-10-9(26(20(23)27)21(24)32)17(44-5)13(30(38)39)14(31(40)41)18(10)45-6/h19-20H,1-6H3. The van der Waals surface area contributed by atoms with Crippen molar-refractivity contribution < 1.29 is 48.2 Å². The number of hydrogen-bond donors (Lipinski definition) is 0. The second-order valence-electron chi connectivity index (χ2n) is 10.6. The molecule has 0 atom stereocenters. The van der Waals surface area contributed by atoms with Gasteiger partial charge in [-0.05, 0) is 0 Å². The number of carbonyl (C=O) groups excluding carboxylic acids is 2. The predicted octanol–water partition coefficient (Wildman–Crippen LogP) is 3.25. The first-order valence-electron chi connectivity index (χ1n) is 12.6. The first kappa shape index (κ1) is 28.9. The molecule has 0 aromatic heterocycles. The zero-order valence-electron chi connectivity index (χ0n) is 23.9. The highest BCUT2D eigenvalue weighted by Gasteiger charge is 2.73. The molecule has 2 saturated heterocycles. The largest absolute Gasteiger partial charge is 0.488 e. The SMILES string of the molecule is COc1c2c(c(OC)c([N+](=O)[O-])c1[N+](=O)[O-])N1C(=O)N3c4c(OC)c([N+](=O)[O-])c([N+](=O)[O-])c(OC)c4N4C(=O)N2C1C(C)(C)C43. The molecule has 0 radical (unpaired) electrons. The van der Waals surface area contributed by atoms with Crippen molar-refractivity contribution in [2.45, 2.75) is 26.2 Å². The summed E-state index contributed by atoms with van der Waals surface area (Å²) in [5, 5.41) is 48.9. The molecule has 0 aliphatic carbocycles. The monoisotopic (exact) mass is 632 g/mol. The van der Waals surface area contributed by atoms with Crippen molar-refractivity contribution >= 4 is 57.6 Å². The highest BCUT2D eigenvalue weighted by atomic mass is 16.7. The Morgan fingerprint density at radius 3 is 0.867 bits per heavy atom. The van der Waals surface area contributed by atoms with Gasteiger partial charge in [0.15, 0.2) is 0 Å². The Morgan fingerprint density at radius 1 is 0.511 bits per heavy atom. The molecule has 0 saturated carbocycles. The maximum Gasteiger partial charge on any atom is 0.393 e. The van der Waals surface area contributed by atoms with Crippen LogP contribution < -0.4 is 38.5 Å². The summed E-state index contributed by atoms with van der Waals surface area (Å²) in [7, 11) is 3.90. The molecule has 6 rings (SSSR count).